The van der Waals surface area contributed by atoms with E-state index >= 15 is 0 Å². The third kappa shape index (κ3) is 2.48. The largest absolute Gasteiger partial charge is 0.389 e. The van der Waals surface area contributed by atoms with Crippen LogP contribution in [0.1, 0.15) is 57.8 Å². The average Bonchev–Trinajstić information content (AvgIpc) is 2.41. The van der Waals surface area contributed by atoms with Gasteiger partial charge in [-0.2, -0.15) is 0 Å². The summed E-state index contributed by atoms with van der Waals surface area (Å²) in [5.74, 6) is 0.562. The molecule has 0 spiro atoms. The fourth-order valence-electron chi connectivity index (χ4n) is 4.36. The molecule has 114 valence electrons. The van der Waals surface area contributed by atoms with E-state index in [4.69, 9.17) is 5.73 Å². The number of nitrogens with two attached hydrogens (primary N) is 1. The molecule has 2 unspecified atom stereocenters. The van der Waals surface area contributed by atoms with E-state index in [1.807, 2.05) is 4.90 Å². The van der Waals surface area contributed by atoms with E-state index in [9.17, 15) is 9.90 Å². The fraction of sp³-hybridized carbons (Fsp3) is 0.938. The molecule has 3 fully saturated rings. The molecule has 0 radical (unpaired) electrons. The summed E-state index contributed by atoms with van der Waals surface area (Å²) in [6, 6.07) is 0. The Bertz CT molecular complexity index is 375. The lowest BCUT2D eigenvalue weighted by molar-refractivity contribution is -0.146. The highest BCUT2D eigenvalue weighted by molar-refractivity contribution is 5.77. The number of hydrogen-bond donors (Lipinski definition) is 2. The van der Waals surface area contributed by atoms with Crippen LogP contribution in [0.5, 0.6) is 0 Å². The van der Waals surface area contributed by atoms with Gasteiger partial charge in [-0.3, -0.25) is 4.79 Å². The molecule has 0 aromatic carbocycles. The van der Waals surface area contributed by atoms with Gasteiger partial charge in [0.25, 0.3) is 0 Å². The highest BCUT2D eigenvalue weighted by Crippen LogP contribution is 2.44. The number of rotatable bonds is 3. The normalized spacial score (nSPS) is 36.1. The minimum atomic E-state index is -0.489. The van der Waals surface area contributed by atoms with Crippen LogP contribution in [-0.4, -0.2) is 41.1 Å². The summed E-state index contributed by atoms with van der Waals surface area (Å²) in [6.07, 6.45) is 9.14. The topological polar surface area (TPSA) is 66.6 Å². The van der Waals surface area contributed by atoms with E-state index in [-0.39, 0.29) is 11.3 Å². The van der Waals surface area contributed by atoms with Crippen LogP contribution < -0.4 is 5.73 Å². The summed E-state index contributed by atoms with van der Waals surface area (Å²) in [7, 11) is 0. The number of hydrogen-bond acceptors (Lipinski definition) is 3. The van der Waals surface area contributed by atoms with Gasteiger partial charge in [0.05, 0.1) is 5.60 Å². The molecule has 3 N–H and O–H groups in total. The molecule has 20 heavy (non-hydrogen) atoms. The molecule has 4 nitrogen and oxygen atoms in total. The first-order chi connectivity index (χ1) is 9.57. The van der Waals surface area contributed by atoms with Crippen molar-refractivity contribution in [2.75, 3.05) is 19.6 Å². The molecule has 2 aliphatic carbocycles. The van der Waals surface area contributed by atoms with Gasteiger partial charge in [-0.25, -0.2) is 0 Å². The number of likely N-dealkylation sites (tertiary alicyclic amines) is 1. The molecule has 2 atom stereocenters. The van der Waals surface area contributed by atoms with Gasteiger partial charge in [-0.1, -0.05) is 19.3 Å². The van der Waals surface area contributed by atoms with E-state index in [0.717, 1.165) is 51.6 Å². The summed E-state index contributed by atoms with van der Waals surface area (Å²) >= 11 is 0. The van der Waals surface area contributed by atoms with Gasteiger partial charge < -0.3 is 15.7 Å². The van der Waals surface area contributed by atoms with Crippen molar-refractivity contribution in [3.8, 4) is 0 Å². The maximum Gasteiger partial charge on any atom is 0.223 e. The van der Waals surface area contributed by atoms with Crippen LogP contribution in [0.25, 0.3) is 0 Å². The average molecular weight is 280 g/mol. The Hall–Kier alpha value is -0.610. The first kappa shape index (κ1) is 14.3. The number of nitrogens with zero attached hydrogens (tertiary/aromatic N) is 1. The van der Waals surface area contributed by atoms with Crippen LogP contribution >= 0.6 is 0 Å². The van der Waals surface area contributed by atoms with Crippen molar-refractivity contribution in [2.45, 2.75) is 63.4 Å². The second kappa shape index (κ2) is 5.30. The molecule has 3 aliphatic rings. The Labute approximate surface area is 121 Å². The predicted octanol–water partition coefficient (Wildman–Crippen LogP) is 1.66. The van der Waals surface area contributed by atoms with E-state index in [0.29, 0.717) is 18.9 Å². The molecule has 0 bridgehead atoms. The van der Waals surface area contributed by atoms with Crippen LogP contribution in [0.3, 0.4) is 0 Å². The smallest absolute Gasteiger partial charge is 0.223 e. The molecular weight excluding hydrogens is 252 g/mol. The minimum absolute atomic E-state index is 0.0946. The number of carbonyl (C=O) groups excluding carboxylic acids is 1. The second-order valence-corrected chi connectivity index (χ2v) is 7.37. The zero-order valence-corrected chi connectivity index (χ0v) is 12.4. The number of fused-ring (bicyclic) bond motifs is 1. The van der Waals surface area contributed by atoms with Gasteiger partial charge in [-0.05, 0) is 44.1 Å². The first-order valence-electron chi connectivity index (χ1n) is 8.27. The maximum absolute atomic E-state index is 12.5. The molecule has 1 saturated heterocycles. The fourth-order valence-corrected chi connectivity index (χ4v) is 4.36. The third-order valence-electron chi connectivity index (χ3n) is 6.15. The Morgan fingerprint density at radius 1 is 1.20 bits per heavy atom. The highest BCUT2D eigenvalue weighted by atomic mass is 16.3. The van der Waals surface area contributed by atoms with Gasteiger partial charge >= 0.3 is 0 Å². The highest BCUT2D eigenvalue weighted by Gasteiger charge is 2.45. The van der Waals surface area contributed by atoms with Crippen LogP contribution in [0.4, 0.5) is 0 Å². The summed E-state index contributed by atoms with van der Waals surface area (Å²) in [4.78, 5) is 14.5. The lowest BCUT2D eigenvalue weighted by Crippen LogP contribution is -2.55. The Balaban J connectivity index is 1.60. The second-order valence-electron chi connectivity index (χ2n) is 7.37. The van der Waals surface area contributed by atoms with Gasteiger partial charge in [0.15, 0.2) is 0 Å². The number of carbonyl (C=O) groups is 1. The zero-order chi connectivity index (χ0) is 14.2. The third-order valence-corrected chi connectivity index (χ3v) is 6.15. The molecule has 0 aromatic rings. The van der Waals surface area contributed by atoms with Crippen LogP contribution in [-0.2, 0) is 4.79 Å². The van der Waals surface area contributed by atoms with Crippen molar-refractivity contribution in [1.82, 2.24) is 4.90 Å². The first-order valence-corrected chi connectivity index (χ1v) is 8.27. The van der Waals surface area contributed by atoms with Crippen molar-refractivity contribution in [1.29, 1.82) is 0 Å². The van der Waals surface area contributed by atoms with Gasteiger partial charge in [0.2, 0.25) is 5.91 Å². The van der Waals surface area contributed by atoms with Gasteiger partial charge in [0, 0.05) is 25.4 Å². The van der Waals surface area contributed by atoms with E-state index < -0.39 is 5.60 Å². The maximum atomic E-state index is 12.5. The number of aliphatic hydroxyl groups is 1. The van der Waals surface area contributed by atoms with E-state index in [1.165, 1.54) is 12.8 Å². The monoisotopic (exact) mass is 280 g/mol. The molecule has 1 amide bonds. The Morgan fingerprint density at radius 3 is 2.65 bits per heavy atom. The van der Waals surface area contributed by atoms with Crippen molar-refractivity contribution >= 4 is 5.91 Å². The van der Waals surface area contributed by atoms with E-state index in [1.54, 1.807) is 0 Å². The Morgan fingerprint density at radius 2 is 2.00 bits per heavy atom. The number of amides is 1. The van der Waals surface area contributed by atoms with Crippen LogP contribution in [0, 0.1) is 11.3 Å². The summed E-state index contributed by atoms with van der Waals surface area (Å²) < 4.78 is 0. The SMILES string of the molecule is NCC1(CC(=O)N2CCC3(O)CCCCC3C2)CCC1. The quantitative estimate of drug-likeness (QED) is 0.826. The molecule has 4 heteroatoms. The summed E-state index contributed by atoms with van der Waals surface area (Å²) in [5, 5.41) is 10.7. The van der Waals surface area contributed by atoms with Crippen LogP contribution in [0.2, 0.25) is 0 Å². The standard InChI is InChI=1S/C16H28N2O2/c17-12-15(5-3-6-15)10-14(19)18-9-8-16(20)7-2-1-4-13(16)11-18/h13,20H,1-12,17H2. The van der Waals surface area contributed by atoms with Crippen molar-refractivity contribution in [3.05, 3.63) is 0 Å². The lowest BCUT2D eigenvalue weighted by Gasteiger charge is -2.48. The molecule has 3 rings (SSSR count). The van der Waals surface area contributed by atoms with Gasteiger partial charge in [0.1, 0.15) is 0 Å². The minimum Gasteiger partial charge on any atom is -0.389 e. The molecular formula is C16H28N2O2. The van der Waals surface area contributed by atoms with Crippen molar-refractivity contribution in [3.63, 3.8) is 0 Å². The van der Waals surface area contributed by atoms with Crippen molar-refractivity contribution < 1.29 is 9.90 Å². The summed E-state index contributed by atoms with van der Waals surface area (Å²) in [6.45, 7) is 2.13. The molecule has 1 heterocycles. The van der Waals surface area contributed by atoms with Crippen molar-refractivity contribution in [2.24, 2.45) is 17.1 Å². The van der Waals surface area contributed by atoms with Crippen LogP contribution in [0.15, 0.2) is 0 Å². The Kier molecular flexibility index (Phi) is 3.80. The van der Waals surface area contributed by atoms with E-state index in [2.05, 4.69) is 0 Å². The number of piperidine rings is 1. The lowest BCUT2D eigenvalue weighted by atomic mass is 9.66. The zero-order valence-electron chi connectivity index (χ0n) is 12.4. The van der Waals surface area contributed by atoms with Gasteiger partial charge in [-0.15, -0.1) is 0 Å². The molecule has 0 aromatic heterocycles. The predicted molar refractivity (Wildman–Crippen MR) is 78.1 cm³/mol. The summed E-state index contributed by atoms with van der Waals surface area (Å²) in [5.41, 5.74) is 5.47. The molecule has 2 saturated carbocycles. The molecule has 1 aliphatic heterocycles.